The molecule has 1 aliphatic rings. The Morgan fingerprint density at radius 2 is 2.13 bits per heavy atom. The van der Waals surface area contributed by atoms with Crippen LogP contribution in [0.2, 0.25) is 0 Å². The van der Waals surface area contributed by atoms with Gasteiger partial charge in [0.1, 0.15) is 11.6 Å². The molecule has 0 bridgehead atoms. The van der Waals surface area contributed by atoms with Crippen LogP contribution in [0.5, 0.6) is 0 Å². The van der Waals surface area contributed by atoms with Crippen molar-refractivity contribution >= 4 is 38.8 Å². The molecule has 1 N–H and O–H groups in total. The SMILES string of the molecule is COC1CC(C(=O)O)N(C(=O)c2cc3cc(C)cc(Br)c3o2)C1. The lowest BCUT2D eigenvalue weighted by Crippen LogP contribution is -2.40. The number of furan rings is 1. The van der Waals surface area contributed by atoms with Gasteiger partial charge in [0, 0.05) is 25.5 Å². The molecule has 1 aromatic carbocycles. The fourth-order valence-corrected chi connectivity index (χ4v) is 3.60. The van der Waals surface area contributed by atoms with E-state index in [0.29, 0.717) is 5.58 Å². The smallest absolute Gasteiger partial charge is 0.326 e. The minimum Gasteiger partial charge on any atom is -0.480 e. The highest BCUT2D eigenvalue weighted by Gasteiger charge is 2.41. The standard InChI is InChI=1S/C16H16BrNO5/c1-8-3-9-5-13(23-14(9)11(17)4-8)15(19)18-7-10(22-2)6-12(18)16(20)21/h3-5,10,12H,6-7H2,1-2H3,(H,20,21). The maximum Gasteiger partial charge on any atom is 0.326 e. The maximum atomic E-state index is 12.7. The number of carboxylic acids is 1. The van der Waals surface area contributed by atoms with Crippen molar-refractivity contribution in [2.24, 2.45) is 0 Å². The van der Waals surface area contributed by atoms with Gasteiger partial charge < -0.3 is 19.2 Å². The van der Waals surface area contributed by atoms with E-state index in [1.54, 1.807) is 6.07 Å². The minimum atomic E-state index is -1.04. The van der Waals surface area contributed by atoms with Crippen LogP contribution >= 0.6 is 15.9 Å². The van der Waals surface area contributed by atoms with E-state index in [1.807, 2.05) is 19.1 Å². The van der Waals surface area contributed by atoms with Crippen LogP contribution in [0.25, 0.3) is 11.0 Å². The third-order valence-corrected chi connectivity index (χ3v) is 4.66. The Morgan fingerprint density at radius 1 is 1.39 bits per heavy atom. The van der Waals surface area contributed by atoms with E-state index in [4.69, 9.17) is 9.15 Å². The molecule has 1 aliphatic heterocycles. The van der Waals surface area contributed by atoms with Crippen molar-refractivity contribution in [2.75, 3.05) is 13.7 Å². The van der Waals surface area contributed by atoms with Crippen LogP contribution in [0.1, 0.15) is 22.5 Å². The van der Waals surface area contributed by atoms with Gasteiger partial charge in [-0.15, -0.1) is 0 Å². The lowest BCUT2D eigenvalue weighted by atomic mass is 10.2. The zero-order valence-corrected chi connectivity index (χ0v) is 14.3. The van der Waals surface area contributed by atoms with Gasteiger partial charge in [-0.3, -0.25) is 4.79 Å². The molecule has 1 saturated heterocycles. The highest BCUT2D eigenvalue weighted by Crippen LogP contribution is 2.30. The molecule has 0 saturated carbocycles. The molecule has 2 aromatic rings. The molecule has 2 heterocycles. The Hall–Kier alpha value is -1.86. The summed E-state index contributed by atoms with van der Waals surface area (Å²) in [5.74, 6) is -1.34. The van der Waals surface area contributed by atoms with E-state index >= 15 is 0 Å². The summed E-state index contributed by atoms with van der Waals surface area (Å²) < 4.78 is 11.6. The van der Waals surface area contributed by atoms with Crippen molar-refractivity contribution in [3.05, 3.63) is 34.0 Å². The second-order valence-electron chi connectivity index (χ2n) is 5.68. The highest BCUT2D eigenvalue weighted by atomic mass is 79.9. The van der Waals surface area contributed by atoms with Crippen molar-refractivity contribution in [1.29, 1.82) is 0 Å². The first kappa shape index (κ1) is 16.0. The predicted octanol–water partition coefficient (Wildman–Crippen LogP) is 2.82. The summed E-state index contributed by atoms with van der Waals surface area (Å²) in [4.78, 5) is 25.4. The molecule has 0 radical (unpaired) electrons. The number of aliphatic carboxylic acids is 1. The van der Waals surface area contributed by atoms with E-state index in [0.717, 1.165) is 15.4 Å². The van der Waals surface area contributed by atoms with E-state index in [2.05, 4.69) is 15.9 Å². The highest BCUT2D eigenvalue weighted by molar-refractivity contribution is 9.10. The van der Waals surface area contributed by atoms with E-state index in [-0.39, 0.29) is 24.8 Å². The fraction of sp³-hybridized carbons (Fsp3) is 0.375. The van der Waals surface area contributed by atoms with Crippen molar-refractivity contribution in [3.63, 3.8) is 0 Å². The number of carbonyl (C=O) groups excluding carboxylic acids is 1. The molecule has 0 spiro atoms. The number of aryl methyl sites for hydroxylation is 1. The number of benzene rings is 1. The minimum absolute atomic E-state index is 0.134. The molecule has 3 rings (SSSR count). The van der Waals surface area contributed by atoms with Crippen molar-refractivity contribution in [2.45, 2.75) is 25.5 Å². The Labute approximate surface area is 141 Å². The molecule has 1 amide bonds. The van der Waals surface area contributed by atoms with E-state index < -0.39 is 17.9 Å². The molecule has 1 fully saturated rings. The monoisotopic (exact) mass is 381 g/mol. The Kier molecular flexibility index (Phi) is 4.16. The number of nitrogens with zero attached hydrogens (tertiary/aromatic N) is 1. The average Bonchev–Trinajstić information content (AvgIpc) is 3.10. The summed E-state index contributed by atoms with van der Waals surface area (Å²) in [6, 6.07) is 4.56. The number of carbonyl (C=O) groups is 2. The van der Waals surface area contributed by atoms with Crippen molar-refractivity contribution < 1.29 is 23.8 Å². The van der Waals surface area contributed by atoms with Gasteiger partial charge in [-0.1, -0.05) is 0 Å². The van der Waals surface area contributed by atoms with Gasteiger partial charge in [-0.25, -0.2) is 4.79 Å². The Bertz CT molecular complexity index is 784. The number of rotatable bonds is 3. The first-order chi connectivity index (χ1) is 10.9. The number of amides is 1. The van der Waals surface area contributed by atoms with Gasteiger partial charge in [0.25, 0.3) is 5.91 Å². The van der Waals surface area contributed by atoms with Crippen LogP contribution in [0.4, 0.5) is 0 Å². The second-order valence-corrected chi connectivity index (χ2v) is 6.54. The molecule has 23 heavy (non-hydrogen) atoms. The molecule has 7 heteroatoms. The normalized spacial score (nSPS) is 21.1. The zero-order valence-electron chi connectivity index (χ0n) is 12.7. The van der Waals surface area contributed by atoms with Crippen LogP contribution in [0.15, 0.2) is 27.1 Å². The van der Waals surface area contributed by atoms with Crippen LogP contribution < -0.4 is 0 Å². The van der Waals surface area contributed by atoms with Gasteiger partial charge >= 0.3 is 5.97 Å². The van der Waals surface area contributed by atoms with Crippen LogP contribution in [-0.2, 0) is 9.53 Å². The number of ether oxygens (including phenoxy) is 1. The summed E-state index contributed by atoms with van der Waals surface area (Å²) in [6.07, 6.45) is -0.000874. The van der Waals surface area contributed by atoms with Crippen molar-refractivity contribution in [3.8, 4) is 0 Å². The van der Waals surface area contributed by atoms with Gasteiger partial charge in [0.2, 0.25) is 0 Å². The van der Waals surface area contributed by atoms with Crippen molar-refractivity contribution in [1.82, 2.24) is 4.90 Å². The van der Waals surface area contributed by atoms with E-state index in [9.17, 15) is 14.7 Å². The lowest BCUT2D eigenvalue weighted by molar-refractivity contribution is -0.141. The first-order valence-electron chi connectivity index (χ1n) is 7.17. The summed E-state index contributed by atoms with van der Waals surface area (Å²) in [6.45, 7) is 2.19. The second kappa shape index (κ2) is 5.98. The summed E-state index contributed by atoms with van der Waals surface area (Å²) >= 11 is 3.42. The van der Waals surface area contributed by atoms with Crippen LogP contribution in [0.3, 0.4) is 0 Å². The third kappa shape index (κ3) is 2.86. The zero-order chi connectivity index (χ0) is 16.7. The average molecular weight is 382 g/mol. The quantitative estimate of drug-likeness (QED) is 0.883. The van der Waals surface area contributed by atoms with E-state index in [1.165, 1.54) is 12.0 Å². The van der Waals surface area contributed by atoms with Gasteiger partial charge in [0.05, 0.1) is 10.6 Å². The molecule has 1 aromatic heterocycles. The predicted molar refractivity (Wildman–Crippen MR) is 86.5 cm³/mol. The van der Waals surface area contributed by atoms with Gasteiger partial charge in [-0.2, -0.15) is 0 Å². The Balaban J connectivity index is 1.96. The number of likely N-dealkylation sites (tertiary alicyclic amines) is 1. The number of halogens is 1. The van der Waals surface area contributed by atoms with Crippen LogP contribution in [0, 0.1) is 6.92 Å². The van der Waals surface area contributed by atoms with Gasteiger partial charge in [-0.05, 0) is 46.6 Å². The number of hydrogen-bond acceptors (Lipinski definition) is 4. The number of carboxylic acid groups (broad SMARTS) is 1. The topological polar surface area (TPSA) is 80.0 Å². The fourth-order valence-electron chi connectivity index (χ4n) is 2.93. The summed E-state index contributed by atoms with van der Waals surface area (Å²) in [7, 11) is 1.51. The molecule has 122 valence electrons. The van der Waals surface area contributed by atoms with Crippen LogP contribution in [-0.4, -0.2) is 47.7 Å². The molecule has 0 aliphatic carbocycles. The first-order valence-corrected chi connectivity index (χ1v) is 7.96. The maximum absolute atomic E-state index is 12.7. The lowest BCUT2D eigenvalue weighted by Gasteiger charge is -2.19. The molecule has 2 atom stereocenters. The molecular weight excluding hydrogens is 366 g/mol. The molecule has 2 unspecified atom stereocenters. The summed E-state index contributed by atoms with van der Waals surface area (Å²) in [5.41, 5.74) is 1.61. The Morgan fingerprint density at radius 3 is 2.78 bits per heavy atom. The number of fused-ring (bicyclic) bond motifs is 1. The third-order valence-electron chi connectivity index (χ3n) is 4.07. The molecular formula is C16H16BrNO5. The largest absolute Gasteiger partial charge is 0.480 e. The van der Waals surface area contributed by atoms with Gasteiger partial charge in [0.15, 0.2) is 5.76 Å². The summed E-state index contributed by atoms with van der Waals surface area (Å²) in [5, 5.41) is 10.1. The molecule has 6 nitrogen and oxygen atoms in total. The number of methoxy groups -OCH3 is 1. The number of hydrogen-bond donors (Lipinski definition) is 1.